The lowest BCUT2D eigenvalue weighted by Gasteiger charge is -2.21. The van der Waals surface area contributed by atoms with Gasteiger partial charge in [0.1, 0.15) is 16.9 Å². The molecule has 0 aliphatic carbocycles. The van der Waals surface area contributed by atoms with Crippen LogP contribution in [0.15, 0.2) is 22.6 Å². The molecule has 0 bridgehead atoms. The van der Waals surface area contributed by atoms with E-state index in [0.717, 1.165) is 23.2 Å². The van der Waals surface area contributed by atoms with Crippen molar-refractivity contribution in [3.63, 3.8) is 0 Å². The van der Waals surface area contributed by atoms with Crippen molar-refractivity contribution < 1.29 is 4.74 Å². The number of hydrogen-bond donors (Lipinski definition) is 2. The van der Waals surface area contributed by atoms with E-state index >= 15 is 0 Å². The normalized spacial score (nSPS) is 12.7. The molecule has 1 atom stereocenters. The van der Waals surface area contributed by atoms with Crippen LogP contribution in [0.1, 0.15) is 30.7 Å². The average molecular weight is 445 g/mol. The number of thiazole rings is 1. The number of rotatable bonds is 9. The summed E-state index contributed by atoms with van der Waals surface area (Å²) in [7, 11) is 3.68. The molecule has 28 heavy (non-hydrogen) atoms. The largest absolute Gasteiger partial charge is 0.375 e. The zero-order valence-corrected chi connectivity index (χ0v) is 18.8. The molecule has 0 radical (unpaired) electrons. The first-order valence-corrected chi connectivity index (χ1v) is 10.6. The molecule has 2 aromatic rings. The molecule has 154 valence electrons. The summed E-state index contributed by atoms with van der Waals surface area (Å²) in [6.45, 7) is 6.65. The lowest BCUT2D eigenvalue weighted by Crippen LogP contribution is -2.38. The fourth-order valence-corrected chi connectivity index (χ4v) is 3.64. The molecule has 2 aromatic heterocycles. The number of nitrogens with one attached hydrogen (secondary N) is 2. The van der Waals surface area contributed by atoms with Gasteiger partial charge in [0.15, 0.2) is 5.96 Å². The molecule has 0 saturated heterocycles. The summed E-state index contributed by atoms with van der Waals surface area (Å²) >= 11 is 13.6. The summed E-state index contributed by atoms with van der Waals surface area (Å²) in [6, 6.07) is 1.66. The standard InChI is InChI=1S/C18H26Cl2N6OS/c1-5-21-18(23-7-6-22-16-15(20)8-13(19)9-24-16)26(3)10-14-11-28-17(25-14)12(2)27-4/h8-9,11-12H,5-7,10H2,1-4H3,(H,21,23)(H,22,24). The van der Waals surface area contributed by atoms with Crippen molar-refractivity contribution in [2.24, 2.45) is 4.99 Å². The van der Waals surface area contributed by atoms with Gasteiger partial charge in [0.05, 0.1) is 28.8 Å². The second-order valence-corrected chi connectivity index (χ2v) is 7.79. The van der Waals surface area contributed by atoms with Gasteiger partial charge in [-0.2, -0.15) is 0 Å². The Kier molecular flexibility index (Phi) is 9.24. The summed E-state index contributed by atoms with van der Waals surface area (Å²) in [5.74, 6) is 1.41. The molecular formula is C18H26Cl2N6OS. The minimum Gasteiger partial charge on any atom is -0.375 e. The monoisotopic (exact) mass is 444 g/mol. The fraction of sp³-hybridized carbons (Fsp3) is 0.500. The molecule has 0 spiro atoms. The van der Waals surface area contributed by atoms with Crippen LogP contribution in [0.5, 0.6) is 0 Å². The van der Waals surface area contributed by atoms with Gasteiger partial charge in [0, 0.05) is 38.8 Å². The van der Waals surface area contributed by atoms with Crippen molar-refractivity contribution >= 4 is 46.3 Å². The van der Waals surface area contributed by atoms with Crippen LogP contribution in [0.4, 0.5) is 5.82 Å². The Hall–Kier alpha value is -1.61. The number of ether oxygens (including phenoxy) is 1. The third-order valence-electron chi connectivity index (χ3n) is 3.84. The van der Waals surface area contributed by atoms with Crippen molar-refractivity contribution in [1.29, 1.82) is 0 Å². The van der Waals surface area contributed by atoms with E-state index in [0.29, 0.717) is 35.5 Å². The predicted molar refractivity (Wildman–Crippen MR) is 118 cm³/mol. The van der Waals surface area contributed by atoms with Gasteiger partial charge < -0.3 is 20.3 Å². The number of guanidine groups is 1. The number of methoxy groups -OCH3 is 1. The summed E-state index contributed by atoms with van der Waals surface area (Å²) in [4.78, 5) is 15.5. The molecule has 2 N–H and O–H groups in total. The molecule has 1 unspecified atom stereocenters. The summed E-state index contributed by atoms with van der Waals surface area (Å²) < 4.78 is 5.33. The first-order chi connectivity index (χ1) is 13.4. The van der Waals surface area contributed by atoms with Crippen LogP contribution in [-0.2, 0) is 11.3 Å². The summed E-state index contributed by atoms with van der Waals surface area (Å²) in [5, 5.41) is 10.5. The van der Waals surface area contributed by atoms with Crippen LogP contribution < -0.4 is 10.6 Å². The molecular weight excluding hydrogens is 419 g/mol. The first kappa shape index (κ1) is 22.7. The Labute approximate surface area is 180 Å². The molecule has 0 fully saturated rings. The van der Waals surface area contributed by atoms with Gasteiger partial charge in [-0.15, -0.1) is 11.3 Å². The zero-order valence-electron chi connectivity index (χ0n) is 16.5. The third kappa shape index (κ3) is 6.77. The van der Waals surface area contributed by atoms with E-state index in [1.54, 1.807) is 30.7 Å². The number of pyridine rings is 1. The van der Waals surface area contributed by atoms with E-state index in [1.165, 1.54) is 0 Å². The highest BCUT2D eigenvalue weighted by atomic mass is 35.5. The van der Waals surface area contributed by atoms with E-state index < -0.39 is 0 Å². The molecule has 0 aliphatic rings. The Morgan fingerprint density at radius 2 is 2.21 bits per heavy atom. The van der Waals surface area contributed by atoms with Crippen molar-refractivity contribution in [3.8, 4) is 0 Å². The van der Waals surface area contributed by atoms with E-state index in [2.05, 4.69) is 31.0 Å². The van der Waals surface area contributed by atoms with Crippen LogP contribution in [0, 0.1) is 0 Å². The lowest BCUT2D eigenvalue weighted by molar-refractivity contribution is 0.119. The SMILES string of the molecule is CCNC(=NCCNc1ncc(Cl)cc1Cl)N(C)Cc1csc(C(C)OC)n1. The topological polar surface area (TPSA) is 74.7 Å². The Balaban J connectivity index is 1.92. The van der Waals surface area contributed by atoms with Crippen LogP contribution >= 0.6 is 34.5 Å². The fourth-order valence-electron chi connectivity index (χ4n) is 2.35. The van der Waals surface area contributed by atoms with Crippen LogP contribution in [0.3, 0.4) is 0 Å². The highest BCUT2D eigenvalue weighted by molar-refractivity contribution is 7.09. The number of aliphatic imine (C=N–C) groups is 1. The molecule has 2 rings (SSSR count). The predicted octanol–water partition coefficient (Wildman–Crippen LogP) is 4.06. The second-order valence-electron chi connectivity index (χ2n) is 6.06. The van der Waals surface area contributed by atoms with E-state index in [1.807, 2.05) is 25.8 Å². The molecule has 10 heteroatoms. The van der Waals surface area contributed by atoms with Gasteiger partial charge in [0.2, 0.25) is 0 Å². The van der Waals surface area contributed by atoms with Gasteiger partial charge in [-0.1, -0.05) is 23.2 Å². The second kappa shape index (κ2) is 11.4. The molecule has 0 aromatic carbocycles. The molecule has 7 nitrogen and oxygen atoms in total. The van der Waals surface area contributed by atoms with E-state index in [9.17, 15) is 0 Å². The lowest BCUT2D eigenvalue weighted by atomic mass is 10.4. The number of nitrogens with zero attached hydrogens (tertiary/aromatic N) is 4. The molecule has 2 heterocycles. The summed E-state index contributed by atoms with van der Waals surface area (Å²) in [5.41, 5.74) is 0.993. The van der Waals surface area contributed by atoms with Crippen LogP contribution in [-0.4, -0.2) is 54.6 Å². The minimum absolute atomic E-state index is 0.00494. The van der Waals surface area contributed by atoms with Gasteiger partial charge in [-0.3, -0.25) is 4.99 Å². The zero-order chi connectivity index (χ0) is 20.5. The number of anilines is 1. The van der Waals surface area contributed by atoms with Crippen molar-refractivity contribution in [1.82, 2.24) is 20.2 Å². The number of halogens is 2. The average Bonchev–Trinajstić information content (AvgIpc) is 3.13. The molecule has 0 aliphatic heterocycles. The van der Waals surface area contributed by atoms with Crippen molar-refractivity contribution in [2.75, 3.05) is 39.1 Å². The third-order valence-corrected chi connectivity index (χ3v) is 5.39. The Morgan fingerprint density at radius 1 is 1.43 bits per heavy atom. The summed E-state index contributed by atoms with van der Waals surface area (Å²) in [6.07, 6.45) is 1.56. The smallest absolute Gasteiger partial charge is 0.194 e. The van der Waals surface area contributed by atoms with Crippen molar-refractivity contribution in [3.05, 3.63) is 38.4 Å². The minimum atomic E-state index is 0.00494. The maximum atomic E-state index is 6.12. The van der Waals surface area contributed by atoms with Gasteiger partial charge in [-0.25, -0.2) is 9.97 Å². The van der Waals surface area contributed by atoms with Gasteiger partial charge >= 0.3 is 0 Å². The van der Waals surface area contributed by atoms with Crippen LogP contribution in [0.2, 0.25) is 10.0 Å². The maximum Gasteiger partial charge on any atom is 0.194 e. The van der Waals surface area contributed by atoms with E-state index in [-0.39, 0.29) is 6.10 Å². The number of hydrogen-bond acceptors (Lipinski definition) is 6. The van der Waals surface area contributed by atoms with E-state index in [4.69, 9.17) is 27.9 Å². The maximum absolute atomic E-state index is 6.12. The van der Waals surface area contributed by atoms with Crippen LogP contribution in [0.25, 0.3) is 0 Å². The Morgan fingerprint density at radius 3 is 2.89 bits per heavy atom. The van der Waals surface area contributed by atoms with Gasteiger partial charge in [0.25, 0.3) is 0 Å². The highest BCUT2D eigenvalue weighted by Gasteiger charge is 2.12. The number of aromatic nitrogens is 2. The van der Waals surface area contributed by atoms with Gasteiger partial charge in [-0.05, 0) is 19.9 Å². The van der Waals surface area contributed by atoms with Crippen molar-refractivity contribution in [2.45, 2.75) is 26.5 Å². The molecule has 0 amide bonds. The first-order valence-electron chi connectivity index (χ1n) is 8.96. The highest BCUT2D eigenvalue weighted by Crippen LogP contribution is 2.22. The Bertz CT molecular complexity index is 785. The quantitative estimate of drug-likeness (QED) is 0.345. The molecule has 0 saturated carbocycles.